The van der Waals surface area contributed by atoms with Crippen molar-refractivity contribution >= 4 is 28.9 Å². The van der Waals surface area contributed by atoms with Crippen LogP contribution in [0.2, 0.25) is 10.0 Å². The molecule has 0 spiro atoms. The van der Waals surface area contributed by atoms with Crippen molar-refractivity contribution in [3.63, 3.8) is 0 Å². The van der Waals surface area contributed by atoms with Crippen LogP contribution >= 0.6 is 23.2 Å². The first-order chi connectivity index (χ1) is 9.19. The molecule has 4 heteroatoms. The van der Waals surface area contributed by atoms with Gasteiger partial charge in [-0.15, -0.1) is 0 Å². The van der Waals surface area contributed by atoms with Crippen molar-refractivity contribution < 1.29 is 4.74 Å². The molecule has 0 fully saturated rings. The molecule has 0 aliphatic heterocycles. The van der Waals surface area contributed by atoms with Gasteiger partial charge in [-0.1, -0.05) is 35.3 Å². The Balaban J connectivity index is 2.05. The van der Waals surface area contributed by atoms with E-state index in [-0.39, 0.29) is 0 Å². The molecule has 100 valence electrons. The van der Waals surface area contributed by atoms with Crippen LogP contribution in [0.4, 0.5) is 5.69 Å². The zero-order valence-corrected chi connectivity index (χ0v) is 12.1. The summed E-state index contributed by atoms with van der Waals surface area (Å²) >= 11 is 12.0. The minimum Gasteiger partial charge on any atom is -0.494 e. The summed E-state index contributed by atoms with van der Waals surface area (Å²) in [6, 6.07) is 13.3. The molecule has 0 amide bonds. The van der Waals surface area contributed by atoms with E-state index in [0.717, 1.165) is 17.0 Å². The third kappa shape index (κ3) is 4.05. The summed E-state index contributed by atoms with van der Waals surface area (Å²) in [4.78, 5) is 0. The van der Waals surface area contributed by atoms with E-state index < -0.39 is 0 Å². The summed E-state index contributed by atoms with van der Waals surface area (Å²) in [5, 5.41) is 4.59. The van der Waals surface area contributed by atoms with Gasteiger partial charge in [0.2, 0.25) is 0 Å². The number of rotatable bonds is 5. The first-order valence-electron chi connectivity index (χ1n) is 6.09. The molecule has 0 saturated carbocycles. The molecule has 0 unspecified atom stereocenters. The van der Waals surface area contributed by atoms with Crippen LogP contribution < -0.4 is 10.1 Å². The molecule has 1 N–H and O–H groups in total. The lowest BCUT2D eigenvalue weighted by atomic mass is 10.2. The molecular formula is C15H15Cl2NO. The highest BCUT2D eigenvalue weighted by Crippen LogP contribution is 2.26. The Kier molecular flexibility index (Phi) is 4.94. The Morgan fingerprint density at radius 1 is 1.11 bits per heavy atom. The number of benzene rings is 2. The van der Waals surface area contributed by atoms with Crippen LogP contribution in [0.25, 0.3) is 0 Å². The van der Waals surface area contributed by atoms with E-state index in [0.29, 0.717) is 23.2 Å². The summed E-state index contributed by atoms with van der Waals surface area (Å²) in [5.41, 5.74) is 1.96. The molecule has 0 aliphatic rings. The van der Waals surface area contributed by atoms with Gasteiger partial charge in [-0.05, 0) is 42.8 Å². The summed E-state index contributed by atoms with van der Waals surface area (Å²) in [5.74, 6) is 0.874. The van der Waals surface area contributed by atoms with Crippen LogP contribution in [0.3, 0.4) is 0 Å². The lowest BCUT2D eigenvalue weighted by Gasteiger charge is -2.10. The second-order valence-electron chi connectivity index (χ2n) is 4.06. The maximum Gasteiger partial charge on any atom is 0.119 e. The van der Waals surface area contributed by atoms with E-state index in [9.17, 15) is 0 Å². The molecule has 0 aliphatic carbocycles. The normalized spacial score (nSPS) is 10.3. The van der Waals surface area contributed by atoms with Crippen molar-refractivity contribution in [3.05, 3.63) is 58.1 Å². The summed E-state index contributed by atoms with van der Waals surface area (Å²) < 4.78 is 5.47. The van der Waals surface area contributed by atoms with Crippen LogP contribution in [0.1, 0.15) is 12.5 Å². The SMILES string of the molecule is CCOc1cccc(CNc2cc(Cl)ccc2Cl)c1. The van der Waals surface area contributed by atoms with Gasteiger partial charge in [0.05, 0.1) is 17.3 Å². The number of hydrogen-bond donors (Lipinski definition) is 1. The molecule has 0 heterocycles. The van der Waals surface area contributed by atoms with Crippen LogP contribution in [0.5, 0.6) is 5.75 Å². The fraction of sp³-hybridized carbons (Fsp3) is 0.200. The molecule has 2 rings (SSSR count). The summed E-state index contributed by atoms with van der Waals surface area (Å²) in [6.07, 6.45) is 0. The van der Waals surface area contributed by atoms with E-state index >= 15 is 0 Å². The number of hydrogen-bond acceptors (Lipinski definition) is 2. The quantitative estimate of drug-likeness (QED) is 0.838. The van der Waals surface area contributed by atoms with E-state index in [1.54, 1.807) is 12.1 Å². The van der Waals surface area contributed by atoms with Crippen molar-refractivity contribution in [2.45, 2.75) is 13.5 Å². The van der Waals surface area contributed by atoms with Crippen LogP contribution in [0, 0.1) is 0 Å². The number of nitrogens with one attached hydrogen (secondary N) is 1. The van der Waals surface area contributed by atoms with Crippen molar-refractivity contribution in [2.24, 2.45) is 0 Å². The fourth-order valence-corrected chi connectivity index (χ4v) is 2.10. The Bertz CT molecular complexity index is 558. The maximum atomic E-state index is 6.10. The van der Waals surface area contributed by atoms with E-state index in [1.807, 2.05) is 37.3 Å². The molecule has 0 bridgehead atoms. The predicted molar refractivity (Wildman–Crippen MR) is 81.4 cm³/mol. The number of halogens is 2. The third-order valence-electron chi connectivity index (χ3n) is 2.62. The van der Waals surface area contributed by atoms with Crippen molar-refractivity contribution in [2.75, 3.05) is 11.9 Å². The average molecular weight is 296 g/mol. The van der Waals surface area contributed by atoms with Gasteiger partial charge in [-0.25, -0.2) is 0 Å². The maximum absolute atomic E-state index is 6.10. The Morgan fingerprint density at radius 3 is 2.74 bits per heavy atom. The van der Waals surface area contributed by atoms with Gasteiger partial charge in [0.1, 0.15) is 5.75 Å². The zero-order chi connectivity index (χ0) is 13.7. The average Bonchev–Trinajstić information content (AvgIpc) is 2.41. The topological polar surface area (TPSA) is 21.3 Å². The molecule has 2 nitrogen and oxygen atoms in total. The fourth-order valence-electron chi connectivity index (χ4n) is 1.74. The van der Waals surface area contributed by atoms with Crippen LogP contribution in [-0.2, 0) is 6.54 Å². The van der Waals surface area contributed by atoms with Crippen LogP contribution in [0.15, 0.2) is 42.5 Å². The number of ether oxygens (including phenoxy) is 1. The third-order valence-corrected chi connectivity index (χ3v) is 3.19. The van der Waals surface area contributed by atoms with Crippen molar-refractivity contribution in [1.29, 1.82) is 0 Å². The first kappa shape index (κ1) is 14.0. The summed E-state index contributed by atoms with van der Waals surface area (Å²) in [6.45, 7) is 3.30. The second kappa shape index (κ2) is 6.69. The highest BCUT2D eigenvalue weighted by atomic mass is 35.5. The lowest BCUT2D eigenvalue weighted by molar-refractivity contribution is 0.340. The van der Waals surface area contributed by atoms with E-state index in [2.05, 4.69) is 5.32 Å². The Hall–Kier alpha value is -1.38. The second-order valence-corrected chi connectivity index (χ2v) is 4.90. The van der Waals surface area contributed by atoms with E-state index in [1.165, 1.54) is 0 Å². The number of anilines is 1. The Labute approximate surface area is 123 Å². The lowest BCUT2D eigenvalue weighted by Crippen LogP contribution is -2.00. The van der Waals surface area contributed by atoms with Gasteiger partial charge in [-0.3, -0.25) is 0 Å². The molecule has 0 aromatic heterocycles. The largest absolute Gasteiger partial charge is 0.494 e. The smallest absolute Gasteiger partial charge is 0.119 e. The Morgan fingerprint density at radius 2 is 1.95 bits per heavy atom. The first-order valence-corrected chi connectivity index (χ1v) is 6.85. The monoisotopic (exact) mass is 295 g/mol. The predicted octanol–water partition coefficient (Wildman–Crippen LogP) is 5.00. The molecular weight excluding hydrogens is 281 g/mol. The molecule has 0 atom stereocenters. The van der Waals surface area contributed by atoms with Gasteiger partial charge in [0.25, 0.3) is 0 Å². The van der Waals surface area contributed by atoms with Crippen molar-refractivity contribution in [3.8, 4) is 5.75 Å². The van der Waals surface area contributed by atoms with Gasteiger partial charge in [-0.2, -0.15) is 0 Å². The zero-order valence-electron chi connectivity index (χ0n) is 10.6. The van der Waals surface area contributed by atoms with Gasteiger partial charge >= 0.3 is 0 Å². The molecule has 0 radical (unpaired) electrons. The molecule has 0 saturated heterocycles. The van der Waals surface area contributed by atoms with Crippen LogP contribution in [-0.4, -0.2) is 6.61 Å². The highest BCUT2D eigenvalue weighted by molar-refractivity contribution is 6.35. The van der Waals surface area contributed by atoms with Gasteiger partial charge < -0.3 is 10.1 Å². The van der Waals surface area contributed by atoms with Gasteiger partial charge in [0.15, 0.2) is 0 Å². The minimum atomic E-state index is 0.658. The summed E-state index contributed by atoms with van der Waals surface area (Å²) in [7, 11) is 0. The molecule has 19 heavy (non-hydrogen) atoms. The molecule has 2 aromatic rings. The standard InChI is InChI=1S/C15H15Cl2NO/c1-2-19-13-5-3-4-11(8-13)10-18-15-9-12(16)6-7-14(15)17/h3-9,18H,2,10H2,1H3. The minimum absolute atomic E-state index is 0.658. The van der Waals surface area contributed by atoms with Gasteiger partial charge in [0, 0.05) is 11.6 Å². The van der Waals surface area contributed by atoms with E-state index in [4.69, 9.17) is 27.9 Å². The van der Waals surface area contributed by atoms with Crippen molar-refractivity contribution in [1.82, 2.24) is 0 Å². The molecule has 2 aromatic carbocycles. The highest BCUT2D eigenvalue weighted by Gasteiger charge is 2.02.